The summed E-state index contributed by atoms with van der Waals surface area (Å²) in [6, 6.07) is -0.624. The highest BCUT2D eigenvalue weighted by Gasteiger charge is 2.31. The number of carboxylic acid groups (broad SMARTS) is 1. The second-order valence-corrected chi connectivity index (χ2v) is 16.4. The molecule has 0 fully saturated rings. The largest absolute Gasteiger partial charge is 0.477 e. The van der Waals surface area contributed by atoms with E-state index in [2.05, 4.69) is 50.3 Å². The third-order valence-electron chi connectivity index (χ3n) is 9.94. The number of carbonyl (C=O) groups excluding carboxylic acids is 2. The Balaban J connectivity index is 4.41. The molecule has 0 bridgehead atoms. The zero-order valence-corrected chi connectivity index (χ0v) is 37.7. The smallest absolute Gasteiger partial charge is 0.362 e. The zero-order chi connectivity index (χ0) is 42.8. The van der Waals surface area contributed by atoms with Crippen LogP contribution in [-0.2, 0) is 28.6 Å². The number of unbranched alkanes of at least 4 members (excludes halogenated alkanes) is 18. The van der Waals surface area contributed by atoms with E-state index in [9.17, 15) is 19.5 Å². The third-order valence-corrected chi connectivity index (χ3v) is 9.94. The Morgan fingerprint density at radius 3 is 1.47 bits per heavy atom. The van der Waals surface area contributed by atoms with E-state index in [1.54, 1.807) is 0 Å². The summed E-state index contributed by atoms with van der Waals surface area (Å²) in [7, 11) is 5.51. The monoisotopic (exact) mass is 813 g/mol. The molecule has 2 atom stereocenters. The maximum atomic E-state index is 12.7. The molecule has 0 heterocycles. The van der Waals surface area contributed by atoms with E-state index in [4.69, 9.17) is 14.2 Å². The number of hydrogen-bond donors (Lipinski definition) is 1. The van der Waals surface area contributed by atoms with Crippen molar-refractivity contribution in [3.63, 3.8) is 0 Å². The van der Waals surface area contributed by atoms with Crippen LogP contribution in [-0.4, -0.2) is 80.6 Å². The highest BCUT2D eigenvalue weighted by Crippen LogP contribution is 2.13. The molecule has 0 aliphatic heterocycles. The quantitative estimate of drug-likeness (QED) is 0.0216. The molecule has 8 heteroatoms. The summed E-state index contributed by atoms with van der Waals surface area (Å²) in [5.74, 6) is -1.52. The minimum absolute atomic E-state index is 0.0444. The van der Waals surface area contributed by atoms with Crippen molar-refractivity contribution < 1.29 is 38.2 Å². The van der Waals surface area contributed by atoms with Crippen molar-refractivity contribution in [3.8, 4) is 0 Å². The molecule has 0 aromatic rings. The van der Waals surface area contributed by atoms with Gasteiger partial charge >= 0.3 is 17.9 Å². The van der Waals surface area contributed by atoms with Crippen molar-refractivity contribution >= 4 is 17.9 Å². The van der Waals surface area contributed by atoms with Gasteiger partial charge in [0.15, 0.2) is 12.1 Å². The van der Waals surface area contributed by atoms with Crippen LogP contribution in [0.25, 0.3) is 0 Å². The predicted octanol–water partition coefficient (Wildman–Crippen LogP) is 12.7. The summed E-state index contributed by atoms with van der Waals surface area (Å²) in [4.78, 5) is 37.0. The van der Waals surface area contributed by atoms with Gasteiger partial charge in [-0.2, -0.15) is 0 Å². The fourth-order valence-electron chi connectivity index (χ4n) is 6.35. The molecule has 0 amide bonds. The maximum absolute atomic E-state index is 12.7. The van der Waals surface area contributed by atoms with Gasteiger partial charge in [0, 0.05) is 19.3 Å². The summed E-state index contributed by atoms with van der Waals surface area (Å²) in [5, 5.41) is 9.63. The van der Waals surface area contributed by atoms with Gasteiger partial charge < -0.3 is 23.8 Å². The van der Waals surface area contributed by atoms with E-state index in [-0.39, 0.29) is 36.2 Å². The first-order chi connectivity index (χ1) is 28.1. The molecule has 8 nitrogen and oxygen atoms in total. The van der Waals surface area contributed by atoms with Crippen molar-refractivity contribution in [2.24, 2.45) is 0 Å². The Hall–Kier alpha value is -3.23. The zero-order valence-electron chi connectivity index (χ0n) is 37.7. The van der Waals surface area contributed by atoms with E-state index < -0.39 is 18.1 Å². The normalized spacial score (nSPS) is 13.6. The Morgan fingerprint density at radius 2 is 0.966 bits per heavy atom. The molecular formula is C50H86NO7+. The number of quaternary nitrogens is 1. The van der Waals surface area contributed by atoms with Gasteiger partial charge in [-0.05, 0) is 57.8 Å². The topological polar surface area (TPSA) is 99.1 Å². The average Bonchev–Trinajstić information content (AvgIpc) is 3.18. The molecule has 0 saturated heterocycles. The average molecular weight is 813 g/mol. The minimum atomic E-state index is -0.883. The maximum Gasteiger partial charge on any atom is 0.362 e. The molecule has 332 valence electrons. The summed E-state index contributed by atoms with van der Waals surface area (Å²) in [5.41, 5.74) is 0. The first-order valence-corrected chi connectivity index (χ1v) is 23.0. The predicted molar refractivity (Wildman–Crippen MR) is 243 cm³/mol. The standard InChI is InChI=1S/C50H85NO7/c1-6-8-10-12-14-16-18-20-22-24-25-27-29-31-33-35-37-39-41-49(53)58-46(44-56-43-42-47(50(54)55)51(3,4)5)45-57-48(52)40-38-36-34-32-30-28-26-23-21-19-17-15-13-11-9-7-2/h10,12,14,16,18,20,22-27,46-47H,6-9,11,13,15,17,19,21,28-45H2,1-5H3/p+1/b12-10+,16-14+,20-18+,24-22+,26-23+,27-25+. The molecule has 0 radical (unpaired) electrons. The van der Waals surface area contributed by atoms with Crippen LogP contribution >= 0.6 is 0 Å². The minimum Gasteiger partial charge on any atom is -0.477 e. The number of rotatable bonds is 40. The summed E-state index contributed by atoms with van der Waals surface area (Å²) < 4.78 is 17.3. The van der Waals surface area contributed by atoms with Crippen molar-refractivity contribution in [2.75, 3.05) is 41.0 Å². The number of carbonyl (C=O) groups is 3. The number of ether oxygens (including phenoxy) is 3. The van der Waals surface area contributed by atoms with Crippen LogP contribution in [0.3, 0.4) is 0 Å². The van der Waals surface area contributed by atoms with E-state index in [1.165, 1.54) is 64.2 Å². The molecule has 0 aromatic heterocycles. The van der Waals surface area contributed by atoms with Gasteiger partial charge in [-0.25, -0.2) is 4.79 Å². The van der Waals surface area contributed by atoms with E-state index in [1.807, 2.05) is 57.6 Å². The Morgan fingerprint density at radius 1 is 0.517 bits per heavy atom. The lowest BCUT2D eigenvalue weighted by molar-refractivity contribution is -0.887. The lowest BCUT2D eigenvalue weighted by atomic mass is 10.1. The van der Waals surface area contributed by atoms with Crippen molar-refractivity contribution in [1.29, 1.82) is 0 Å². The van der Waals surface area contributed by atoms with Gasteiger partial charge in [-0.3, -0.25) is 9.59 Å². The van der Waals surface area contributed by atoms with Crippen LogP contribution in [0.15, 0.2) is 72.9 Å². The van der Waals surface area contributed by atoms with Crippen LogP contribution in [0, 0.1) is 0 Å². The molecule has 0 aliphatic rings. The number of allylic oxidation sites excluding steroid dienone is 12. The molecule has 0 saturated carbocycles. The van der Waals surface area contributed by atoms with Crippen LogP contribution in [0.2, 0.25) is 0 Å². The first-order valence-electron chi connectivity index (χ1n) is 23.0. The van der Waals surface area contributed by atoms with Crippen LogP contribution in [0.4, 0.5) is 0 Å². The summed E-state index contributed by atoms with van der Waals surface area (Å²) in [6.45, 7) is 4.60. The number of nitrogens with zero attached hydrogens (tertiary/aromatic N) is 1. The highest BCUT2D eigenvalue weighted by molar-refractivity contribution is 5.72. The van der Waals surface area contributed by atoms with Gasteiger partial charge in [-0.15, -0.1) is 0 Å². The molecule has 2 unspecified atom stereocenters. The van der Waals surface area contributed by atoms with Crippen LogP contribution < -0.4 is 0 Å². The van der Waals surface area contributed by atoms with E-state index >= 15 is 0 Å². The molecule has 0 rings (SSSR count). The van der Waals surface area contributed by atoms with Gasteiger partial charge in [0.1, 0.15) is 6.61 Å². The molecule has 0 aliphatic carbocycles. The fourth-order valence-corrected chi connectivity index (χ4v) is 6.35. The van der Waals surface area contributed by atoms with Gasteiger partial charge in [0.05, 0.1) is 34.4 Å². The molecule has 0 spiro atoms. The number of carboxylic acids is 1. The second-order valence-electron chi connectivity index (χ2n) is 16.4. The SMILES string of the molecule is CCC/C=C/C=C/C=C/C=C/C=C/CCCCCCCC(=O)OC(COCCC(C(=O)O)[N+](C)(C)C)COC(=O)CCCCCCC/C=C/CCCCCCCCC. The van der Waals surface area contributed by atoms with Crippen molar-refractivity contribution in [3.05, 3.63) is 72.9 Å². The fraction of sp³-hybridized carbons (Fsp3) is 0.700. The highest BCUT2D eigenvalue weighted by atomic mass is 16.6. The number of esters is 2. The van der Waals surface area contributed by atoms with Gasteiger partial charge in [0.25, 0.3) is 0 Å². The molecule has 58 heavy (non-hydrogen) atoms. The Kier molecular flexibility index (Phi) is 38.3. The lowest BCUT2D eigenvalue weighted by Gasteiger charge is -2.31. The summed E-state index contributed by atoms with van der Waals surface area (Å²) in [6.07, 6.45) is 50.8. The van der Waals surface area contributed by atoms with Crippen LogP contribution in [0.1, 0.15) is 174 Å². The van der Waals surface area contributed by atoms with E-state index in [0.717, 1.165) is 77.0 Å². The Labute approximate surface area is 355 Å². The van der Waals surface area contributed by atoms with Gasteiger partial charge in [0.2, 0.25) is 0 Å². The number of hydrogen-bond acceptors (Lipinski definition) is 6. The second kappa shape index (κ2) is 40.5. The molecular weight excluding hydrogens is 727 g/mol. The summed E-state index contributed by atoms with van der Waals surface area (Å²) >= 11 is 0. The van der Waals surface area contributed by atoms with Crippen LogP contribution in [0.5, 0.6) is 0 Å². The lowest BCUT2D eigenvalue weighted by Crippen LogP contribution is -2.50. The number of likely N-dealkylation sites (N-methyl/N-ethyl adjacent to an activating group) is 1. The molecule has 0 aromatic carbocycles. The van der Waals surface area contributed by atoms with Crippen molar-refractivity contribution in [2.45, 2.75) is 187 Å². The number of aliphatic carboxylic acids is 1. The molecule has 1 N–H and O–H groups in total. The van der Waals surface area contributed by atoms with E-state index in [0.29, 0.717) is 19.3 Å². The van der Waals surface area contributed by atoms with Crippen molar-refractivity contribution in [1.82, 2.24) is 0 Å². The Bertz CT molecular complexity index is 1180. The third kappa shape index (κ3) is 38.3. The first kappa shape index (κ1) is 54.8. The van der Waals surface area contributed by atoms with Gasteiger partial charge in [-0.1, -0.05) is 170 Å².